The van der Waals surface area contributed by atoms with Gasteiger partial charge in [-0.3, -0.25) is 4.90 Å². The molecule has 1 N–H and O–H groups in total. The molecule has 112 valence electrons. The highest BCUT2D eigenvalue weighted by atomic mass is 16.6. The second-order valence-corrected chi connectivity index (χ2v) is 6.25. The molecule has 4 nitrogen and oxygen atoms in total. The summed E-state index contributed by atoms with van der Waals surface area (Å²) in [6.45, 7) is 5.67. The van der Waals surface area contributed by atoms with Gasteiger partial charge in [0.25, 0.3) is 0 Å². The molecule has 0 aliphatic heterocycles. The Hall–Kier alpha value is -2.15. The number of phenolic OH excluding ortho intramolecular Hbond substituents is 1. The summed E-state index contributed by atoms with van der Waals surface area (Å²) < 4.78 is 5.44. The van der Waals surface area contributed by atoms with Gasteiger partial charge in [-0.15, -0.1) is 6.42 Å². The lowest BCUT2D eigenvalue weighted by atomic mass is 10.1. The van der Waals surface area contributed by atoms with Crippen molar-refractivity contribution in [3.63, 3.8) is 0 Å². The molecule has 21 heavy (non-hydrogen) atoms. The van der Waals surface area contributed by atoms with Crippen molar-refractivity contribution in [1.82, 2.24) is 4.90 Å². The monoisotopic (exact) mass is 287 g/mol. The van der Waals surface area contributed by atoms with Crippen LogP contribution in [0.4, 0.5) is 4.79 Å². The van der Waals surface area contributed by atoms with Gasteiger partial charge >= 0.3 is 6.09 Å². The number of aryl methyl sites for hydroxylation is 1. The number of amides is 1. The van der Waals surface area contributed by atoms with Gasteiger partial charge in [0.2, 0.25) is 0 Å². The smallest absolute Gasteiger partial charge is 0.411 e. The van der Waals surface area contributed by atoms with Crippen molar-refractivity contribution in [3.8, 4) is 18.1 Å². The highest BCUT2D eigenvalue weighted by molar-refractivity contribution is 5.69. The van der Waals surface area contributed by atoms with Crippen molar-refractivity contribution in [2.24, 2.45) is 0 Å². The fourth-order valence-electron chi connectivity index (χ4n) is 2.61. The molecule has 1 aliphatic carbocycles. The predicted octanol–water partition coefficient (Wildman–Crippen LogP) is 3.25. The Kier molecular flexibility index (Phi) is 4.13. The van der Waals surface area contributed by atoms with E-state index in [1.54, 1.807) is 17.0 Å². The number of hydrogen-bond donors (Lipinski definition) is 1. The maximum Gasteiger partial charge on any atom is 0.411 e. The number of nitrogens with zero attached hydrogens (tertiary/aromatic N) is 1. The first-order chi connectivity index (χ1) is 9.81. The SMILES string of the molecule is C#CCN(C(=O)OC(C)(C)C)[C@@H]1CCc2ccc(O)cc21. The minimum Gasteiger partial charge on any atom is -0.508 e. The van der Waals surface area contributed by atoms with E-state index in [1.807, 2.05) is 26.8 Å². The predicted molar refractivity (Wildman–Crippen MR) is 80.9 cm³/mol. The molecule has 0 spiro atoms. The Bertz CT molecular complexity index is 581. The lowest BCUT2D eigenvalue weighted by Crippen LogP contribution is -2.39. The van der Waals surface area contributed by atoms with Gasteiger partial charge in [-0.1, -0.05) is 12.0 Å². The maximum absolute atomic E-state index is 12.4. The minimum atomic E-state index is -0.565. The number of ether oxygens (including phenoxy) is 1. The van der Waals surface area contributed by atoms with Crippen LogP contribution < -0.4 is 0 Å². The van der Waals surface area contributed by atoms with Crippen LogP contribution >= 0.6 is 0 Å². The second-order valence-electron chi connectivity index (χ2n) is 6.25. The molecule has 1 atom stereocenters. The molecular weight excluding hydrogens is 266 g/mol. The molecule has 1 aliphatic rings. The van der Waals surface area contributed by atoms with E-state index in [9.17, 15) is 9.90 Å². The van der Waals surface area contributed by atoms with Gasteiger partial charge < -0.3 is 9.84 Å². The van der Waals surface area contributed by atoms with Crippen LogP contribution in [0, 0.1) is 12.3 Å². The highest BCUT2D eigenvalue weighted by Crippen LogP contribution is 2.38. The van der Waals surface area contributed by atoms with Crippen molar-refractivity contribution < 1.29 is 14.6 Å². The van der Waals surface area contributed by atoms with Gasteiger partial charge in [0, 0.05) is 0 Å². The zero-order valence-electron chi connectivity index (χ0n) is 12.7. The normalized spacial score (nSPS) is 17.0. The van der Waals surface area contributed by atoms with Crippen molar-refractivity contribution in [2.75, 3.05) is 6.54 Å². The average Bonchev–Trinajstić information content (AvgIpc) is 2.76. The van der Waals surface area contributed by atoms with E-state index in [0.29, 0.717) is 0 Å². The molecule has 1 aromatic rings. The van der Waals surface area contributed by atoms with Crippen molar-refractivity contribution in [1.29, 1.82) is 0 Å². The van der Waals surface area contributed by atoms with Crippen LogP contribution in [0.5, 0.6) is 5.75 Å². The Morgan fingerprint density at radius 3 is 2.86 bits per heavy atom. The molecule has 0 heterocycles. The van der Waals surface area contributed by atoms with Gasteiger partial charge in [-0.2, -0.15) is 0 Å². The first kappa shape index (κ1) is 15.2. The molecule has 0 saturated heterocycles. The summed E-state index contributed by atoms with van der Waals surface area (Å²) in [6.07, 6.45) is 6.64. The fourth-order valence-corrected chi connectivity index (χ4v) is 2.61. The van der Waals surface area contributed by atoms with Crippen molar-refractivity contribution >= 4 is 6.09 Å². The standard InChI is InChI=1S/C17H21NO3/c1-5-10-18(16(20)21-17(2,3)4)15-9-7-12-6-8-13(19)11-14(12)15/h1,6,8,11,15,19H,7,9-10H2,2-4H3/t15-/m1/s1. The van der Waals surface area contributed by atoms with Gasteiger partial charge in [0.1, 0.15) is 11.4 Å². The van der Waals surface area contributed by atoms with Crippen molar-refractivity contribution in [3.05, 3.63) is 29.3 Å². The van der Waals surface area contributed by atoms with Crippen LogP contribution in [0.3, 0.4) is 0 Å². The number of terminal acetylenes is 1. The molecule has 0 unspecified atom stereocenters. The topological polar surface area (TPSA) is 49.8 Å². The molecule has 1 amide bonds. The number of aromatic hydroxyl groups is 1. The molecular formula is C17H21NO3. The number of rotatable bonds is 2. The van der Waals surface area contributed by atoms with Gasteiger partial charge in [-0.25, -0.2) is 4.79 Å². The molecule has 2 rings (SSSR count). The molecule has 0 fully saturated rings. The van der Waals surface area contributed by atoms with E-state index in [2.05, 4.69) is 5.92 Å². The molecule has 0 bridgehead atoms. The quantitative estimate of drug-likeness (QED) is 0.849. The van der Waals surface area contributed by atoms with E-state index in [1.165, 1.54) is 0 Å². The van der Waals surface area contributed by atoms with Gasteiger partial charge in [0.15, 0.2) is 0 Å². The van der Waals surface area contributed by atoms with E-state index in [-0.39, 0.29) is 18.3 Å². The zero-order chi connectivity index (χ0) is 15.6. The Labute approximate surface area is 125 Å². The summed E-state index contributed by atoms with van der Waals surface area (Å²) in [7, 11) is 0. The summed E-state index contributed by atoms with van der Waals surface area (Å²) in [5, 5.41) is 9.68. The first-order valence-electron chi connectivity index (χ1n) is 7.06. The number of phenols is 1. The Balaban J connectivity index is 2.27. The largest absolute Gasteiger partial charge is 0.508 e. The Morgan fingerprint density at radius 1 is 1.52 bits per heavy atom. The summed E-state index contributed by atoms with van der Waals surface area (Å²) in [5.41, 5.74) is 1.53. The summed E-state index contributed by atoms with van der Waals surface area (Å²) >= 11 is 0. The molecule has 4 heteroatoms. The summed E-state index contributed by atoms with van der Waals surface area (Å²) in [5.74, 6) is 2.72. The number of benzene rings is 1. The Morgan fingerprint density at radius 2 is 2.24 bits per heavy atom. The maximum atomic E-state index is 12.4. The van der Waals surface area contributed by atoms with E-state index in [4.69, 9.17) is 11.2 Å². The summed E-state index contributed by atoms with van der Waals surface area (Å²) in [4.78, 5) is 13.9. The third kappa shape index (κ3) is 3.49. The highest BCUT2D eigenvalue weighted by Gasteiger charge is 2.33. The van der Waals surface area contributed by atoms with E-state index >= 15 is 0 Å². The third-order valence-corrected chi connectivity index (χ3v) is 3.44. The van der Waals surface area contributed by atoms with E-state index < -0.39 is 11.7 Å². The summed E-state index contributed by atoms with van der Waals surface area (Å²) in [6, 6.07) is 5.13. The molecule has 1 aromatic carbocycles. The van der Waals surface area contributed by atoms with Crippen LogP contribution in [0.2, 0.25) is 0 Å². The lowest BCUT2D eigenvalue weighted by molar-refractivity contribution is 0.0190. The number of carbonyl (C=O) groups is 1. The van der Waals surface area contributed by atoms with Crippen LogP contribution in [-0.2, 0) is 11.2 Å². The fraction of sp³-hybridized carbons (Fsp3) is 0.471. The number of hydrogen-bond acceptors (Lipinski definition) is 3. The zero-order valence-corrected chi connectivity index (χ0v) is 12.7. The lowest BCUT2D eigenvalue weighted by Gasteiger charge is -2.30. The van der Waals surface area contributed by atoms with Gasteiger partial charge in [-0.05, 0) is 56.9 Å². The molecule has 0 radical (unpaired) electrons. The first-order valence-corrected chi connectivity index (χ1v) is 7.06. The number of carbonyl (C=O) groups excluding carboxylic acids is 1. The van der Waals surface area contributed by atoms with Crippen LogP contribution in [-0.4, -0.2) is 28.2 Å². The van der Waals surface area contributed by atoms with Crippen molar-refractivity contribution in [2.45, 2.75) is 45.3 Å². The minimum absolute atomic E-state index is 0.141. The second kappa shape index (κ2) is 5.69. The number of fused-ring (bicyclic) bond motifs is 1. The molecule has 0 aromatic heterocycles. The van der Waals surface area contributed by atoms with Crippen LogP contribution in [0.1, 0.15) is 44.4 Å². The van der Waals surface area contributed by atoms with Crippen LogP contribution in [0.25, 0.3) is 0 Å². The average molecular weight is 287 g/mol. The molecule has 0 saturated carbocycles. The van der Waals surface area contributed by atoms with E-state index in [0.717, 1.165) is 24.0 Å². The third-order valence-electron chi connectivity index (χ3n) is 3.44. The van der Waals surface area contributed by atoms with Crippen LogP contribution in [0.15, 0.2) is 18.2 Å². The van der Waals surface area contributed by atoms with Gasteiger partial charge in [0.05, 0.1) is 12.6 Å².